The highest BCUT2D eigenvalue weighted by molar-refractivity contribution is 5.79. The van der Waals surface area contributed by atoms with Crippen LogP contribution in [-0.2, 0) is 23.8 Å². The molecule has 3 N–H and O–H groups in total. The summed E-state index contributed by atoms with van der Waals surface area (Å²) in [5, 5.41) is 21.7. The van der Waals surface area contributed by atoms with Crippen LogP contribution in [-0.4, -0.2) is 62.7 Å². The maximum absolute atomic E-state index is 14.6. The molecule has 1 aromatic heterocycles. The topological polar surface area (TPSA) is 157 Å². The number of carbonyl (C=O) groups is 2. The number of esters is 2. The third-order valence-electron chi connectivity index (χ3n) is 17.1. The van der Waals surface area contributed by atoms with Crippen molar-refractivity contribution in [3.05, 3.63) is 44.8 Å². The van der Waals surface area contributed by atoms with E-state index in [9.17, 15) is 29.4 Å². The fraction of sp³-hybridized carbons (Fsp3) is 0.822. The third-order valence-corrected chi connectivity index (χ3v) is 17.1. The van der Waals surface area contributed by atoms with E-state index in [1.54, 1.807) is 0 Å². The normalized spacial score (nSPS) is 42.3. The van der Waals surface area contributed by atoms with Gasteiger partial charge in [0.1, 0.15) is 31.0 Å². The number of allylic oxidation sites excluding steroid dienone is 2. The minimum absolute atomic E-state index is 0.0209. The van der Waals surface area contributed by atoms with Crippen LogP contribution in [0, 0.1) is 50.2 Å². The summed E-state index contributed by atoms with van der Waals surface area (Å²) in [5.41, 5.74) is -0.665. The summed E-state index contributed by atoms with van der Waals surface area (Å²) in [6.07, 6.45) is 11.3. The van der Waals surface area contributed by atoms with Crippen LogP contribution in [0.3, 0.4) is 0 Å². The second kappa shape index (κ2) is 14.5. The minimum atomic E-state index is -1.46. The quantitative estimate of drug-likeness (QED) is 0.137. The summed E-state index contributed by atoms with van der Waals surface area (Å²) in [7, 11) is 0. The first-order valence-electron chi connectivity index (χ1n) is 21.6. The number of H-pyrrole nitrogens is 1. The number of fused-ring (bicyclic) bond motifs is 7. The first kappa shape index (κ1) is 41.4. The predicted molar refractivity (Wildman–Crippen MR) is 211 cm³/mol. The number of hydrogen-bond donors (Lipinski definition) is 3. The van der Waals surface area contributed by atoms with Gasteiger partial charge in [0.05, 0.1) is 5.41 Å². The smallest absolute Gasteiger partial charge is 0.330 e. The number of nitrogens with one attached hydrogen (secondary N) is 1. The van der Waals surface area contributed by atoms with Crippen LogP contribution >= 0.6 is 0 Å². The summed E-state index contributed by atoms with van der Waals surface area (Å²) < 4.78 is 19.3. The number of rotatable bonds is 9. The Bertz CT molecular complexity index is 1830. The highest BCUT2D eigenvalue weighted by Gasteiger charge is 2.69. The molecule has 7 rings (SSSR count). The fourth-order valence-electron chi connectivity index (χ4n) is 13.6. The Kier molecular flexibility index (Phi) is 10.7. The van der Waals surface area contributed by atoms with Crippen LogP contribution in [0.5, 0.6) is 0 Å². The lowest BCUT2D eigenvalue weighted by Crippen LogP contribution is -2.65. The second-order valence-electron chi connectivity index (χ2n) is 20.8. The van der Waals surface area contributed by atoms with E-state index >= 15 is 0 Å². The van der Waals surface area contributed by atoms with Crippen LogP contribution in [0.15, 0.2) is 33.5 Å². The van der Waals surface area contributed by atoms with E-state index < -0.39 is 41.2 Å². The number of ether oxygens (including phenoxy) is 3. The SMILES string of the molecule is CCCCCC(=O)O[C@H]1CC[C@@]2(C)C(CC[C@]3(C)[C@@H]2CC=C2[C@@H]4CC(C)(C)CC[C@]4(C(=O)OC[C@H]4O[C@@H](n5ccc(=O)[nH]c5=O)[C@H](O)[C@@H]4O)CC[C@]23C)C1(C)C. The average Bonchev–Trinajstić information content (AvgIpc) is 3.40. The molecule has 5 fully saturated rings. The molecule has 11 nitrogen and oxygen atoms in total. The number of carbonyl (C=O) groups excluding carboxylic acids is 2. The molecule has 312 valence electrons. The highest BCUT2D eigenvalue weighted by atomic mass is 16.6. The van der Waals surface area contributed by atoms with E-state index in [0.717, 1.165) is 94.1 Å². The lowest BCUT2D eigenvalue weighted by molar-refractivity contribution is -0.214. The second-order valence-corrected chi connectivity index (χ2v) is 20.8. The van der Waals surface area contributed by atoms with Gasteiger partial charge in [0.15, 0.2) is 6.23 Å². The zero-order chi connectivity index (χ0) is 40.6. The summed E-state index contributed by atoms with van der Waals surface area (Å²) in [6.45, 7) is 18.8. The van der Waals surface area contributed by atoms with Crippen LogP contribution in [0.1, 0.15) is 152 Å². The van der Waals surface area contributed by atoms with Crippen LogP contribution in [0.25, 0.3) is 0 Å². The van der Waals surface area contributed by atoms with Gasteiger partial charge in [-0.25, -0.2) is 4.79 Å². The Morgan fingerprint density at radius 3 is 2.38 bits per heavy atom. The Balaban J connectivity index is 1.12. The van der Waals surface area contributed by atoms with Crippen molar-refractivity contribution in [2.75, 3.05) is 6.61 Å². The molecule has 1 unspecified atom stereocenters. The number of aliphatic hydroxyl groups excluding tert-OH is 2. The van der Waals surface area contributed by atoms with Gasteiger partial charge in [0.2, 0.25) is 0 Å². The first-order chi connectivity index (χ1) is 26.2. The zero-order valence-corrected chi connectivity index (χ0v) is 35.2. The molecule has 0 amide bonds. The number of unbranched alkanes of at least 4 members (excludes halogenated alkanes) is 2. The van der Waals surface area contributed by atoms with Gasteiger partial charge in [-0.1, -0.05) is 79.9 Å². The Morgan fingerprint density at radius 2 is 1.66 bits per heavy atom. The molecule has 6 aliphatic rings. The minimum Gasteiger partial charge on any atom is -0.462 e. The Labute approximate surface area is 332 Å². The molecule has 0 spiro atoms. The molecule has 1 aromatic rings. The number of nitrogens with zero attached hydrogens (tertiary/aromatic N) is 1. The van der Waals surface area contributed by atoms with Gasteiger partial charge in [-0.2, -0.15) is 0 Å². The fourth-order valence-corrected chi connectivity index (χ4v) is 13.6. The summed E-state index contributed by atoms with van der Waals surface area (Å²) in [4.78, 5) is 53.8. The van der Waals surface area contributed by atoms with Gasteiger partial charge in [0.25, 0.3) is 5.56 Å². The number of hydrogen-bond acceptors (Lipinski definition) is 9. The van der Waals surface area contributed by atoms with E-state index in [-0.39, 0.29) is 57.6 Å². The van der Waals surface area contributed by atoms with Gasteiger partial charge in [-0.3, -0.25) is 23.9 Å². The van der Waals surface area contributed by atoms with Crippen LogP contribution < -0.4 is 11.2 Å². The molecular weight excluding hydrogens is 713 g/mol. The molecule has 0 bridgehead atoms. The first-order valence-corrected chi connectivity index (χ1v) is 21.6. The Hall–Kier alpha value is -2.76. The van der Waals surface area contributed by atoms with Gasteiger partial charge in [0, 0.05) is 24.1 Å². The number of aliphatic hydroxyl groups is 2. The van der Waals surface area contributed by atoms with Gasteiger partial charge >= 0.3 is 17.6 Å². The van der Waals surface area contributed by atoms with Crippen molar-refractivity contribution in [3.63, 3.8) is 0 Å². The lowest BCUT2D eigenvalue weighted by atomic mass is 9.33. The molecule has 1 saturated heterocycles. The number of aromatic nitrogens is 2. The molecule has 4 saturated carbocycles. The highest BCUT2D eigenvalue weighted by Crippen LogP contribution is 2.76. The monoisotopic (exact) mass is 780 g/mol. The average molecular weight is 781 g/mol. The zero-order valence-electron chi connectivity index (χ0n) is 35.2. The van der Waals surface area contributed by atoms with E-state index in [0.29, 0.717) is 18.3 Å². The molecule has 12 atom stereocenters. The summed E-state index contributed by atoms with van der Waals surface area (Å²) >= 11 is 0. The standard InChI is InChI=1S/C45H68N2O9/c1-9-10-11-12-34(49)56-32-16-18-42(6)30(41(32,4)5)15-19-44(8)31(42)14-13-27-28-25-40(2,3)20-22-45(28,23-21-43(27,44)7)38(52)54-26-29-35(50)36(51)37(55-29)47-24-17-33(48)46-39(47)53/h13,17,24,28-32,35-37,50-51H,9-12,14-16,18-23,25-26H2,1-8H3,(H,46,48,53)/t28-,29+,30?,31+,32-,35+,36+,37+,42-,43+,44+,45-/m0/s1. The van der Waals surface area contributed by atoms with Crippen LogP contribution in [0.2, 0.25) is 0 Å². The van der Waals surface area contributed by atoms with E-state index in [4.69, 9.17) is 14.2 Å². The molecule has 5 aliphatic carbocycles. The molecule has 11 heteroatoms. The van der Waals surface area contributed by atoms with Crippen molar-refractivity contribution >= 4 is 11.9 Å². The molecular formula is C45H68N2O9. The molecule has 2 heterocycles. The number of aromatic amines is 1. The largest absolute Gasteiger partial charge is 0.462 e. The maximum Gasteiger partial charge on any atom is 0.330 e. The predicted octanol–water partition coefficient (Wildman–Crippen LogP) is 6.99. The van der Waals surface area contributed by atoms with E-state index in [1.165, 1.54) is 11.8 Å². The van der Waals surface area contributed by atoms with Crippen molar-refractivity contribution in [2.45, 2.75) is 176 Å². The molecule has 0 aromatic carbocycles. The van der Waals surface area contributed by atoms with Crippen molar-refractivity contribution in [2.24, 2.45) is 50.2 Å². The molecule has 0 radical (unpaired) electrons. The summed E-state index contributed by atoms with van der Waals surface area (Å²) in [6, 6.07) is 1.15. The van der Waals surface area contributed by atoms with Crippen molar-refractivity contribution < 1.29 is 34.0 Å². The Morgan fingerprint density at radius 1 is 0.929 bits per heavy atom. The van der Waals surface area contributed by atoms with Gasteiger partial charge in [-0.15, -0.1) is 0 Å². The molecule has 56 heavy (non-hydrogen) atoms. The van der Waals surface area contributed by atoms with Crippen molar-refractivity contribution in [1.82, 2.24) is 9.55 Å². The van der Waals surface area contributed by atoms with Crippen molar-refractivity contribution in [1.29, 1.82) is 0 Å². The van der Waals surface area contributed by atoms with Gasteiger partial charge in [-0.05, 0) is 110 Å². The lowest BCUT2D eigenvalue weighted by Gasteiger charge is -2.71. The third kappa shape index (κ3) is 6.48. The maximum atomic E-state index is 14.6. The van der Waals surface area contributed by atoms with Gasteiger partial charge < -0.3 is 24.4 Å². The van der Waals surface area contributed by atoms with Crippen molar-refractivity contribution in [3.8, 4) is 0 Å². The molecule has 1 aliphatic heterocycles. The summed E-state index contributed by atoms with van der Waals surface area (Å²) in [5.74, 6) is 0.605. The van der Waals surface area contributed by atoms with E-state index in [2.05, 4.69) is 66.4 Å². The van der Waals surface area contributed by atoms with Crippen LogP contribution in [0.4, 0.5) is 0 Å². The van der Waals surface area contributed by atoms with E-state index in [1.807, 2.05) is 0 Å².